The largest absolute Gasteiger partial charge is 0.493 e. The molecule has 30 heavy (non-hydrogen) atoms. The number of ether oxygens (including phenoxy) is 3. The van der Waals surface area contributed by atoms with Crippen LogP contribution in [-0.2, 0) is 19.6 Å². The molecule has 2 aromatic carbocycles. The molecule has 0 saturated heterocycles. The van der Waals surface area contributed by atoms with Crippen molar-refractivity contribution in [2.75, 3.05) is 40.2 Å². The zero-order chi connectivity index (χ0) is 22.5. The summed E-state index contributed by atoms with van der Waals surface area (Å²) in [5.74, 6) is -0.928. The lowest BCUT2D eigenvalue weighted by atomic mass is 10.2. The van der Waals surface area contributed by atoms with Gasteiger partial charge in [-0.25, -0.2) is 17.5 Å². The van der Waals surface area contributed by atoms with Crippen LogP contribution >= 0.6 is 11.6 Å². The number of carbonyl (C=O) groups is 2. The number of esters is 1. The van der Waals surface area contributed by atoms with Crippen LogP contribution in [0.3, 0.4) is 0 Å². The fourth-order valence-electron chi connectivity index (χ4n) is 2.43. The van der Waals surface area contributed by atoms with Crippen LogP contribution in [0.2, 0.25) is 5.02 Å². The quantitative estimate of drug-likeness (QED) is 0.607. The number of para-hydroxylation sites is 1. The number of amides is 1. The zero-order valence-corrected chi connectivity index (χ0v) is 18.3. The molecule has 0 spiro atoms. The van der Waals surface area contributed by atoms with Gasteiger partial charge in [-0.2, -0.15) is 0 Å². The maximum absolute atomic E-state index is 12.3. The van der Waals surface area contributed by atoms with E-state index in [0.29, 0.717) is 5.75 Å². The van der Waals surface area contributed by atoms with Crippen LogP contribution < -0.4 is 14.8 Å². The minimum atomic E-state index is -3.80. The Hall–Kier alpha value is -2.82. The van der Waals surface area contributed by atoms with Crippen molar-refractivity contribution in [2.45, 2.75) is 4.90 Å². The Morgan fingerprint density at radius 1 is 1.10 bits per heavy atom. The highest BCUT2D eigenvalue weighted by Gasteiger charge is 2.22. The van der Waals surface area contributed by atoms with Crippen molar-refractivity contribution in [2.24, 2.45) is 0 Å². The topological polar surface area (TPSA) is 111 Å². The predicted octanol–water partition coefficient (Wildman–Crippen LogP) is 2.40. The van der Waals surface area contributed by atoms with E-state index in [9.17, 15) is 18.0 Å². The van der Waals surface area contributed by atoms with E-state index in [1.165, 1.54) is 52.6 Å². The number of nitrogens with zero attached hydrogens (tertiary/aromatic N) is 1. The summed E-state index contributed by atoms with van der Waals surface area (Å²) in [5, 5.41) is 2.48. The van der Waals surface area contributed by atoms with Crippen LogP contribution in [0.15, 0.2) is 41.3 Å². The molecule has 1 amide bonds. The summed E-state index contributed by atoms with van der Waals surface area (Å²) in [6.07, 6.45) is 0. The molecule has 0 fully saturated rings. The first-order chi connectivity index (χ1) is 14.1. The van der Waals surface area contributed by atoms with E-state index in [1.54, 1.807) is 12.1 Å². The van der Waals surface area contributed by atoms with Crippen molar-refractivity contribution < 1.29 is 32.2 Å². The van der Waals surface area contributed by atoms with Crippen LogP contribution in [0.1, 0.15) is 10.4 Å². The minimum absolute atomic E-state index is 0.0123. The smallest absolute Gasteiger partial charge is 0.342 e. The molecule has 9 nitrogen and oxygen atoms in total. The number of anilines is 1. The second-order valence-electron chi connectivity index (χ2n) is 6.10. The first-order valence-corrected chi connectivity index (χ1v) is 10.3. The summed E-state index contributed by atoms with van der Waals surface area (Å²) >= 11 is 5.98. The van der Waals surface area contributed by atoms with Crippen LogP contribution in [-0.4, -0.2) is 59.5 Å². The predicted molar refractivity (Wildman–Crippen MR) is 111 cm³/mol. The van der Waals surface area contributed by atoms with Crippen molar-refractivity contribution in [3.8, 4) is 11.5 Å². The molecular weight excluding hydrogens is 436 g/mol. The number of benzene rings is 2. The van der Waals surface area contributed by atoms with Gasteiger partial charge in [0.15, 0.2) is 18.1 Å². The van der Waals surface area contributed by atoms with Gasteiger partial charge in [0.1, 0.15) is 10.5 Å². The zero-order valence-electron chi connectivity index (χ0n) is 16.8. The molecule has 2 rings (SSSR count). The lowest BCUT2D eigenvalue weighted by molar-refractivity contribution is -0.119. The van der Waals surface area contributed by atoms with E-state index < -0.39 is 28.5 Å². The number of rotatable bonds is 8. The molecule has 1 N–H and O–H groups in total. The van der Waals surface area contributed by atoms with E-state index in [4.69, 9.17) is 25.8 Å². The highest BCUT2D eigenvalue weighted by Crippen LogP contribution is 2.31. The molecule has 0 heterocycles. The summed E-state index contributed by atoms with van der Waals surface area (Å²) in [6, 6.07) is 8.67. The SMILES string of the molecule is COc1cccc(C(=O)OCC(=O)Nc2ccc(Cl)c(S(=O)(=O)N(C)C)c2)c1OC. The third-order valence-electron chi connectivity index (χ3n) is 3.93. The van der Waals surface area contributed by atoms with Gasteiger partial charge in [-0.15, -0.1) is 0 Å². The monoisotopic (exact) mass is 456 g/mol. The van der Waals surface area contributed by atoms with Gasteiger partial charge in [0, 0.05) is 19.8 Å². The second-order valence-corrected chi connectivity index (χ2v) is 8.63. The molecule has 0 aliphatic carbocycles. The van der Waals surface area contributed by atoms with E-state index in [2.05, 4.69) is 5.32 Å². The van der Waals surface area contributed by atoms with Crippen LogP contribution in [0.25, 0.3) is 0 Å². The Kier molecular flexibility index (Phi) is 7.65. The number of hydrogen-bond donors (Lipinski definition) is 1. The first kappa shape index (κ1) is 23.5. The number of carbonyl (C=O) groups excluding carboxylic acids is 2. The van der Waals surface area contributed by atoms with Gasteiger partial charge in [-0.1, -0.05) is 17.7 Å². The maximum Gasteiger partial charge on any atom is 0.342 e. The number of sulfonamides is 1. The van der Waals surface area contributed by atoms with Gasteiger partial charge in [-0.05, 0) is 30.3 Å². The molecule has 0 aliphatic rings. The molecule has 162 valence electrons. The Morgan fingerprint density at radius 2 is 1.80 bits per heavy atom. The second kappa shape index (κ2) is 9.79. The average Bonchev–Trinajstić information content (AvgIpc) is 2.72. The van der Waals surface area contributed by atoms with Crippen molar-refractivity contribution in [3.63, 3.8) is 0 Å². The molecule has 0 unspecified atom stereocenters. The van der Waals surface area contributed by atoms with E-state index in [-0.39, 0.29) is 26.9 Å². The molecule has 0 bridgehead atoms. The molecule has 0 aromatic heterocycles. The highest BCUT2D eigenvalue weighted by molar-refractivity contribution is 7.89. The Balaban J connectivity index is 2.10. The van der Waals surface area contributed by atoms with Crippen LogP contribution in [0, 0.1) is 0 Å². The molecular formula is C19H21ClN2O7S. The maximum atomic E-state index is 12.3. The lowest BCUT2D eigenvalue weighted by Crippen LogP contribution is -2.23. The van der Waals surface area contributed by atoms with E-state index in [1.807, 2.05) is 0 Å². The third kappa shape index (κ3) is 5.21. The Labute approximate surface area is 179 Å². The molecule has 0 radical (unpaired) electrons. The summed E-state index contributed by atoms with van der Waals surface area (Å²) in [7, 11) is 1.73. The summed E-state index contributed by atoms with van der Waals surface area (Å²) < 4.78 is 40.9. The lowest BCUT2D eigenvalue weighted by Gasteiger charge is -2.14. The molecule has 2 aromatic rings. The number of nitrogens with one attached hydrogen (secondary N) is 1. The van der Waals surface area contributed by atoms with Crippen LogP contribution in [0.4, 0.5) is 5.69 Å². The van der Waals surface area contributed by atoms with Crippen molar-refractivity contribution >= 4 is 39.2 Å². The number of halogens is 1. The van der Waals surface area contributed by atoms with Gasteiger partial charge in [0.25, 0.3) is 5.91 Å². The normalized spacial score (nSPS) is 11.1. The average molecular weight is 457 g/mol. The summed E-state index contributed by atoms with van der Waals surface area (Å²) in [6.45, 7) is -0.600. The molecule has 11 heteroatoms. The minimum Gasteiger partial charge on any atom is -0.493 e. The van der Waals surface area contributed by atoms with Gasteiger partial charge in [0.05, 0.1) is 19.2 Å². The highest BCUT2D eigenvalue weighted by atomic mass is 35.5. The fourth-order valence-corrected chi connectivity index (χ4v) is 3.82. The van der Waals surface area contributed by atoms with E-state index >= 15 is 0 Å². The van der Waals surface area contributed by atoms with Gasteiger partial charge >= 0.3 is 5.97 Å². The molecule has 0 saturated carbocycles. The Bertz CT molecular complexity index is 1050. The fraction of sp³-hybridized carbons (Fsp3) is 0.263. The van der Waals surface area contributed by atoms with Crippen molar-refractivity contribution in [1.29, 1.82) is 0 Å². The third-order valence-corrected chi connectivity index (χ3v) is 6.23. The van der Waals surface area contributed by atoms with Gasteiger partial charge < -0.3 is 19.5 Å². The Morgan fingerprint density at radius 3 is 2.40 bits per heavy atom. The van der Waals surface area contributed by atoms with Gasteiger partial charge in [0.2, 0.25) is 10.0 Å². The summed E-state index contributed by atoms with van der Waals surface area (Å²) in [4.78, 5) is 24.3. The number of methoxy groups -OCH3 is 2. The van der Waals surface area contributed by atoms with Crippen LogP contribution in [0.5, 0.6) is 11.5 Å². The van der Waals surface area contributed by atoms with Gasteiger partial charge in [-0.3, -0.25) is 4.79 Å². The first-order valence-electron chi connectivity index (χ1n) is 8.51. The summed E-state index contributed by atoms with van der Waals surface area (Å²) in [5.41, 5.74) is 0.273. The van der Waals surface area contributed by atoms with Crippen molar-refractivity contribution in [3.05, 3.63) is 47.0 Å². The van der Waals surface area contributed by atoms with Crippen molar-refractivity contribution in [1.82, 2.24) is 4.31 Å². The standard InChI is InChI=1S/C19H21ClN2O7S/c1-22(2)30(25,26)16-10-12(8-9-14(16)20)21-17(23)11-29-19(24)13-6-5-7-15(27-3)18(13)28-4/h5-10H,11H2,1-4H3,(H,21,23). The molecule has 0 aliphatic heterocycles. The van der Waals surface area contributed by atoms with E-state index in [0.717, 1.165) is 4.31 Å². The molecule has 0 atom stereocenters. The number of hydrogen-bond acceptors (Lipinski definition) is 7.